The van der Waals surface area contributed by atoms with Crippen LogP contribution in [0.3, 0.4) is 0 Å². The zero-order chi connectivity index (χ0) is 33.6. The van der Waals surface area contributed by atoms with E-state index < -0.39 is 28.9 Å². The summed E-state index contributed by atoms with van der Waals surface area (Å²) in [4.78, 5) is 59.2. The summed E-state index contributed by atoms with van der Waals surface area (Å²) in [5.74, 6) is -2.33. The second-order valence-corrected chi connectivity index (χ2v) is 13.5. The smallest absolute Gasteiger partial charge is 0.411 e. The number of carbonyl (C=O) groups excluding carboxylic acids is 2. The van der Waals surface area contributed by atoms with Crippen molar-refractivity contribution in [1.29, 1.82) is 0 Å². The van der Waals surface area contributed by atoms with Crippen LogP contribution in [0.4, 0.5) is 20.4 Å². The maximum atomic E-state index is 13.1. The highest BCUT2D eigenvalue weighted by Crippen LogP contribution is 2.39. The van der Waals surface area contributed by atoms with E-state index in [-0.39, 0.29) is 11.8 Å². The molecule has 0 spiro atoms. The molecule has 1 aromatic carbocycles. The number of nitrogens with one attached hydrogen (secondary N) is 4. The Morgan fingerprint density at radius 2 is 1.51 bits per heavy atom. The Kier molecular flexibility index (Phi) is 10.8. The number of anilines is 2. The van der Waals surface area contributed by atoms with Crippen LogP contribution in [0.25, 0.3) is 0 Å². The zero-order valence-electron chi connectivity index (χ0n) is 26.5. The van der Waals surface area contributed by atoms with E-state index in [2.05, 4.69) is 31.2 Å². The van der Waals surface area contributed by atoms with Gasteiger partial charge in [0, 0.05) is 42.5 Å². The molecule has 0 aliphatic carbocycles. The maximum absolute atomic E-state index is 13.1. The first kappa shape index (κ1) is 34.8. The number of nitrogens with zero attached hydrogens (tertiary/aromatic N) is 3. The van der Waals surface area contributed by atoms with Gasteiger partial charge in [0.05, 0.1) is 5.69 Å². The standard InChI is InChI=1S/C31H41N7O6S/c1-19(39)34-26-35-23(24(45-26)25(40)33-18-21-14-16-32-17-15-21)13-10-20-8-11-22(12-9-20)36-31(29(2,3)4,37-27(41)42)38(28(43)44)30(5,6)7/h8-9,11-12,14-17,36-37H,10,13,18H2,1-7H3,(H,33,40)(H,41,42)(H,43,44)(H,34,35,39). The van der Waals surface area contributed by atoms with Gasteiger partial charge in [0.1, 0.15) is 4.88 Å². The van der Waals surface area contributed by atoms with Crippen LogP contribution in [0.1, 0.15) is 75.0 Å². The van der Waals surface area contributed by atoms with Crippen molar-refractivity contribution in [2.24, 2.45) is 5.41 Å². The van der Waals surface area contributed by atoms with Gasteiger partial charge in [-0.1, -0.05) is 44.2 Å². The molecule has 0 radical (unpaired) electrons. The summed E-state index contributed by atoms with van der Waals surface area (Å²) in [5, 5.41) is 31.5. The second kappa shape index (κ2) is 13.9. The van der Waals surface area contributed by atoms with Crippen LogP contribution in [0.5, 0.6) is 0 Å². The molecule has 3 aromatic rings. The monoisotopic (exact) mass is 639 g/mol. The average Bonchev–Trinajstić information content (AvgIpc) is 3.31. The molecule has 14 heteroatoms. The third-order valence-electron chi connectivity index (χ3n) is 6.89. The molecule has 2 heterocycles. The van der Waals surface area contributed by atoms with Crippen molar-refractivity contribution in [2.45, 2.75) is 79.2 Å². The molecule has 13 nitrogen and oxygen atoms in total. The van der Waals surface area contributed by atoms with Gasteiger partial charge in [-0.3, -0.25) is 24.8 Å². The van der Waals surface area contributed by atoms with Gasteiger partial charge in [-0.05, 0) is 69.0 Å². The predicted molar refractivity (Wildman–Crippen MR) is 172 cm³/mol. The van der Waals surface area contributed by atoms with Gasteiger partial charge in [-0.2, -0.15) is 0 Å². The summed E-state index contributed by atoms with van der Waals surface area (Å²) in [6.45, 7) is 12.0. The lowest BCUT2D eigenvalue weighted by atomic mass is 9.82. The molecular weight excluding hydrogens is 598 g/mol. The molecule has 242 valence electrons. The Labute approximate surface area is 266 Å². The van der Waals surface area contributed by atoms with E-state index in [1.165, 1.54) is 6.92 Å². The third kappa shape index (κ3) is 8.91. The minimum Gasteiger partial charge on any atom is -0.465 e. The predicted octanol–water partition coefficient (Wildman–Crippen LogP) is 5.37. The maximum Gasteiger partial charge on any atom is 0.411 e. The van der Waals surface area contributed by atoms with Gasteiger partial charge in [-0.15, -0.1) is 0 Å². The van der Waals surface area contributed by atoms with Gasteiger partial charge >= 0.3 is 12.2 Å². The van der Waals surface area contributed by atoms with Gasteiger partial charge in [0.25, 0.3) is 5.91 Å². The van der Waals surface area contributed by atoms with E-state index >= 15 is 0 Å². The highest BCUT2D eigenvalue weighted by molar-refractivity contribution is 7.17. The molecule has 0 fully saturated rings. The largest absolute Gasteiger partial charge is 0.465 e. The molecule has 6 N–H and O–H groups in total. The van der Waals surface area contributed by atoms with E-state index in [1.54, 1.807) is 78.2 Å². The van der Waals surface area contributed by atoms with Crippen LogP contribution < -0.4 is 21.3 Å². The zero-order valence-corrected chi connectivity index (χ0v) is 27.3. The van der Waals surface area contributed by atoms with Crippen molar-refractivity contribution in [1.82, 2.24) is 25.5 Å². The molecule has 0 saturated carbocycles. The molecule has 0 aliphatic rings. The fraction of sp³-hybridized carbons (Fsp3) is 0.419. The Morgan fingerprint density at radius 1 is 0.889 bits per heavy atom. The Morgan fingerprint density at radius 3 is 2.02 bits per heavy atom. The Balaban J connectivity index is 1.84. The molecule has 3 rings (SSSR count). The van der Waals surface area contributed by atoms with Crippen molar-refractivity contribution in [2.75, 3.05) is 10.6 Å². The Bertz CT molecular complexity index is 1510. The summed E-state index contributed by atoms with van der Waals surface area (Å²) in [5.41, 5.74) is 0.925. The van der Waals surface area contributed by atoms with Crippen LogP contribution in [0, 0.1) is 5.41 Å². The topological polar surface area (TPSA) is 186 Å². The number of carboxylic acid groups (broad SMARTS) is 2. The highest BCUT2D eigenvalue weighted by atomic mass is 32.1. The van der Waals surface area contributed by atoms with Gasteiger partial charge in [0.15, 0.2) is 5.13 Å². The molecule has 0 saturated heterocycles. The normalized spacial score (nSPS) is 12.9. The number of aromatic nitrogens is 2. The molecule has 1 atom stereocenters. The SMILES string of the molecule is CC(=O)Nc1nc(CCc2ccc(NC(NC(=O)O)(N(C(=O)O)C(C)(C)C)C(C)(C)C)cc2)c(C(=O)NCc2ccncc2)s1. The van der Waals surface area contributed by atoms with E-state index in [0.29, 0.717) is 40.8 Å². The number of rotatable bonds is 11. The van der Waals surface area contributed by atoms with Gasteiger partial charge < -0.3 is 26.2 Å². The van der Waals surface area contributed by atoms with E-state index in [9.17, 15) is 29.4 Å². The molecule has 45 heavy (non-hydrogen) atoms. The number of thiazole rings is 1. The van der Waals surface area contributed by atoms with Crippen LogP contribution >= 0.6 is 11.3 Å². The van der Waals surface area contributed by atoms with Crippen LogP contribution in [-0.4, -0.2) is 60.4 Å². The van der Waals surface area contributed by atoms with Gasteiger partial charge in [-0.25, -0.2) is 14.6 Å². The second-order valence-electron chi connectivity index (χ2n) is 12.5. The number of benzene rings is 1. The number of pyridine rings is 1. The van der Waals surface area contributed by atoms with Crippen molar-refractivity contribution in [3.05, 3.63) is 70.5 Å². The van der Waals surface area contributed by atoms with E-state index in [1.807, 2.05) is 12.1 Å². The van der Waals surface area contributed by atoms with Crippen molar-refractivity contribution in [3.8, 4) is 0 Å². The van der Waals surface area contributed by atoms with Crippen molar-refractivity contribution < 1.29 is 29.4 Å². The summed E-state index contributed by atoms with van der Waals surface area (Å²) in [6.07, 6.45) is 1.53. The molecule has 2 aromatic heterocycles. The molecule has 0 aliphatic heterocycles. The van der Waals surface area contributed by atoms with Gasteiger partial charge in [0.2, 0.25) is 11.7 Å². The van der Waals surface area contributed by atoms with Crippen LogP contribution in [0.15, 0.2) is 48.8 Å². The summed E-state index contributed by atoms with van der Waals surface area (Å²) in [7, 11) is 0. The number of carbonyl (C=O) groups is 4. The summed E-state index contributed by atoms with van der Waals surface area (Å²) in [6, 6.07) is 10.8. The lowest BCUT2D eigenvalue weighted by Gasteiger charge is -2.55. The average molecular weight is 640 g/mol. The summed E-state index contributed by atoms with van der Waals surface area (Å²) >= 11 is 1.10. The number of hydrogen-bond donors (Lipinski definition) is 6. The fourth-order valence-corrected chi connectivity index (χ4v) is 5.81. The minimum absolute atomic E-state index is 0.293. The summed E-state index contributed by atoms with van der Waals surface area (Å²) < 4.78 is 0. The minimum atomic E-state index is -1.73. The molecule has 4 amide bonds. The molecule has 1 unspecified atom stereocenters. The van der Waals surface area contributed by atoms with Crippen molar-refractivity contribution >= 4 is 46.2 Å². The third-order valence-corrected chi connectivity index (χ3v) is 7.90. The Hall–Kier alpha value is -4.72. The van der Waals surface area contributed by atoms with Crippen molar-refractivity contribution in [3.63, 3.8) is 0 Å². The first-order valence-corrected chi connectivity index (χ1v) is 15.1. The first-order chi connectivity index (χ1) is 20.9. The first-order valence-electron chi connectivity index (χ1n) is 14.3. The molecular formula is C31H41N7O6S. The fourth-order valence-electron chi connectivity index (χ4n) is 4.83. The lowest BCUT2D eigenvalue weighted by molar-refractivity contribution is -0.114. The number of hydrogen-bond acceptors (Lipinski definition) is 8. The molecule has 0 bridgehead atoms. The van der Waals surface area contributed by atoms with E-state index in [0.717, 1.165) is 27.4 Å². The number of amides is 4. The van der Waals surface area contributed by atoms with Crippen LogP contribution in [0.2, 0.25) is 0 Å². The quantitative estimate of drug-likeness (QED) is 0.150. The number of aryl methyl sites for hydroxylation is 2. The van der Waals surface area contributed by atoms with E-state index in [4.69, 9.17) is 0 Å². The lowest BCUT2D eigenvalue weighted by Crippen LogP contribution is -2.76. The highest BCUT2D eigenvalue weighted by Gasteiger charge is 2.54. The van der Waals surface area contributed by atoms with Crippen LogP contribution in [-0.2, 0) is 24.2 Å².